The van der Waals surface area contributed by atoms with Crippen LogP contribution in [0.15, 0.2) is 28.8 Å². The molecule has 31 heavy (non-hydrogen) atoms. The van der Waals surface area contributed by atoms with Gasteiger partial charge in [-0.25, -0.2) is 0 Å². The third-order valence-electron chi connectivity index (χ3n) is 6.83. The first-order valence-electron chi connectivity index (χ1n) is 11.7. The maximum atomic E-state index is 13.1. The number of rotatable bonds is 6. The van der Waals surface area contributed by atoms with Crippen molar-refractivity contribution in [2.45, 2.75) is 65.1 Å². The summed E-state index contributed by atoms with van der Waals surface area (Å²) in [7, 11) is 0. The fourth-order valence-corrected chi connectivity index (χ4v) is 4.75. The van der Waals surface area contributed by atoms with Crippen molar-refractivity contribution in [3.05, 3.63) is 35.7 Å². The van der Waals surface area contributed by atoms with Crippen LogP contribution >= 0.6 is 0 Å². The standard InChI is InChI=1S/C24H35N5O2/c1-4-21-7-5-6-12-29(21)24(30)19(3)28-15-13-27(14-16-28)17-22-25-23(26-31-22)20-10-8-18(2)9-11-20/h8-11,19,21H,4-7,12-17H2,1-3H3. The molecule has 2 unspecified atom stereocenters. The molecule has 2 aliphatic rings. The van der Waals surface area contributed by atoms with E-state index in [0.29, 0.717) is 30.2 Å². The van der Waals surface area contributed by atoms with E-state index in [4.69, 9.17) is 4.52 Å². The summed E-state index contributed by atoms with van der Waals surface area (Å²) in [5, 5.41) is 4.14. The van der Waals surface area contributed by atoms with E-state index >= 15 is 0 Å². The van der Waals surface area contributed by atoms with Gasteiger partial charge in [0.05, 0.1) is 12.6 Å². The monoisotopic (exact) mass is 425 g/mol. The lowest BCUT2D eigenvalue weighted by molar-refractivity contribution is -0.141. The number of benzene rings is 1. The van der Waals surface area contributed by atoms with Crippen LogP contribution in [0.4, 0.5) is 0 Å². The molecule has 168 valence electrons. The number of nitrogens with zero attached hydrogens (tertiary/aromatic N) is 5. The summed E-state index contributed by atoms with van der Waals surface area (Å²) in [4.78, 5) is 24.5. The van der Waals surface area contributed by atoms with Crippen molar-refractivity contribution in [1.29, 1.82) is 0 Å². The molecule has 0 aliphatic carbocycles. The van der Waals surface area contributed by atoms with Crippen LogP contribution in [0.5, 0.6) is 0 Å². The van der Waals surface area contributed by atoms with Gasteiger partial charge in [0.15, 0.2) is 0 Å². The zero-order valence-electron chi connectivity index (χ0n) is 19.1. The van der Waals surface area contributed by atoms with Gasteiger partial charge in [0.25, 0.3) is 0 Å². The van der Waals surface area contributed by atoms with Crippen LogP contribution in [-0.4, -0.2) is 75.6 Å². The molecule has 2 aromatic rings. The van der Waals surface area contributed by atoms with E-state index < -0.39 is 0 Å². The van der Waals surface area contributed by atoms with Gasteiger partial charge in [0.2, 0.25) is 17.6 Å². The fourth-order valence-electron chi connectivity index (χ4n) is 4.75. The van der Waals surface area contributed by atoms with Gasteiger partial charge in [0, 0.05) is 44.3 Å². The Morgan fingerprint density at radius 3 is 2.58 bits per heavy atom. The third kappa shape index (κ3) is 5.15. The van der Waals surface area contributed by atoms with Crippen molar-refractivity contribution in [3.8, 4) is 11.4 Å². The molecule has 7 heteroatoms. The topological polar surface area (TPSA) is 65.7 Å². The number of likely N-dealkylation sites (tertiary alicyclic amines) is 1. The Bertz CT molecular complexity index is 857. The number of aromatic nitrogens is 2. The zero-order valence-corrected chi connectivity index (χ0v) is 19.1. The van der Waals surface area contributed by atoms with Gasteiger partial charge >= 0.3 is 0 Å². The summed E-state index contributed by atoms with van der Waals surface area (Å²) in [6.45, 7) is 11.5. The third-order valence-corrected chi connectivity index (χ3v) is 6.83. The molecule has 0 spiro atoms. The van der Waals surface area contributed by atoms with E-state index in [0.717, 1.165) is 57.5 Å². The average Bonchev–Trinajstić information content (AvgIpc) is 3.27. The lowest BCUT2D eigenvalue weighted by Crippen LogP contribution is -2.56. The van der Waals surface area contributed by atoms with E-state index in [-0.39, 0.29) is 6.04 Å². The minimum atomic E-state index is -0.0501. The SMILES string of the molecule is CCC1CCCCN1C(=O)C(C)N1CCN(Cc2nc(-c3ccc(C)cc3)no2)CC1. The first-order chi connectivity index (χ1) is 15.0. The fraction of sp³-hybridized carbons (Fsp3) is 0.625. The normalized spacial score (nSPS) is 21.9. The molecule has 1 aromatic heterocycles. The molecular formula is C24H35N5O2. The van der Waals surface area contributed by atoms with Crippen molar-refractivity contribution in [1.82, 2.24) is 24.8 Å². The van der Waals surface area contributed by atoms with Crippen molar-refractivity contribution >= 4 is 5.91 Å². The van der Waals surface area contributed by atoms with Gasteiger partial charge in [-0.15, -0.1) is 0 Å². The lowest BCUT2D eigenvalue weighted by atomic mass is 9.99. The summed E-state index contributed by atoms with van der Waals surface area (Å²) in [5.41, 5.74) is 2.18. The number of hydrogen-bond donors (Lipinski definition) is 0. The molecule has 2 aliphatic heterocycles. The van der Waals surface area contributed by atoms with Crippen molar-refractivity contribution < 1.29 is 9.32 Å². The number of aryl methyl sites for hydroxylation is 1. The first kappa shape index (κ1) is 22.0. The van der Waals surface area contributed by atoms with Crippen LogP contribution in [0.1, 0.15) is 51.0 Å². The Morgan fingerprint density at radius 1 is 1.13 bits per heavy atom. The maximum absolute atomic E-state index is 13.1. The second kappa shape index (κ2) is 9.92. The molecule has 3 heterocycles. The molecule has 1 amide bonds. The molecule has 2 fully saturated rings. The number of amides is 1. The molecule has 0 bridgehead atoms. The molecule has 4 rings (SSSR count). The van der Waals surface area contributed by atoms with Crippen LogP contribution in [0.25, 0.3) is 11.4 Å². The highest BCUT2D eigenvalue weighted by Gasteiger charge is 2.33. The van der Waals surface area contributed by atoms with E-state index in [2.05, 4.69) is 57.7 Å². The number of carbonyl (C=O) groups is 1. The molecule has 2 atom stereocenters. The predicted octanol–water partition coefficient (Wildman–Crippen LogP) is 3.34. The molecule has 0 radical (unpaired) electrons. The largest absolute Gasteiger partial charge is 0.338 e. The number of carbonyl (C=O) groups excluding carboxylic acids is 1. The lowest BCUT2D eigenvalue weighted by Gasteiger charge is -2.41. The summed E-state index contributed by atoms with van der Waals surface area (Å²) in [6.07, 6.45) is 4.59. The highest BCUT2D eigenvalue weighted by atomic mass is 16.5. The molecule has 0 N–H and O–H groups in total. The Balaban J connectivity index is 1.29. The van der Waals surface area contributed by atoms with Crippen molar-refractivity contribution in [2.75, 3.05) is 32.7 Å². The summed E-state index contributed by atoms with van der Waals surface area (Å²) in [6, 6.07) is 8.52. The predicted molar refractivity (Wildman–Crippen MR) is 120 cm³/mol. The Morgan fingerprint density at radius 2 is 1.87 bits per heavy atom. The van der Waals surface area contributed by atoms with Gasteiger partial charge in [0.1, 0.15) is 0 Å². The molecular weight excluding hydrogens is 390 g/mol. The summed E-state index contributed by atoms with van der Waals surface area (Å²) < 4.78 is 5.49. The average molecular weight is 426 g/mol. The van der Waals surface area contributed by atoms with Crippen molar-refractivity contribution in [3.63, 3.8) is 0 Å². The van der Waals surface area contributed by atoms with Gasteiger partial charge < -0.3 is 9.42 Å². The van der Waals surface area contributed by atoms with Gasteiger partial charge in [-0.3, -0.25) is 14.6 Å². The Hall–Kier alpha value is -2.25. The van der Waals surface area contributed by atoms with Gasteiger partial charge in [-0.05, 0) is 39.5 Å². The first-order valence-corrected chi connectivity index (χ1v) is 11.7. The van der Waals surface area contributed by atoms with Crippen LogP contribution in [0, 0.1) is 6.92 Å². The van der Waals surface area contributed by atoms with Crippen LogP contribution < -0.4 is 0 Å². The number of piperidine rings is 1. The minimum Gasteiger partial charge on any atom is -0.338 e. The van der Waals surface area contributed by atoms with Gasteiger partial charge in [-0.1, -0.05) is 41.9 Å². The Labute approximate surface area is 185 Å². The molecule has 1 aromatic carbocycles. The second-order valence-electron chi connectivity index (χ2n) is 8.96. The van der Waals surface area contributed by atoms with E-state index in [1.165, 1.54) is 12.0 Å². The minimum absolute atomic E-state index is 0.0501. The molecule has 2 saturated heterocycles. The van der Waals surface area contributed by atoms with Crippen LogP contribution in [0.3, 0.4) is 0 Å². The molecule has 0 saturated carbocycles. The maximum Gasteiger partial charge on any atom is 0.241 e. The van der Waals surface area contributed by atoms with E-state index in [1.807, 2.05) is 12.1 Å². The highest BCUT2D eigenvalue weighted by molar-refractivity contribution is 5.82. The number of piperazine rings is 1. The highest BCUT2D eigenvalue weighted by Crippen LogP contribution is 2.22. The number of hydrogen-bond acceptors (Lipinski definition) is 6. The quantitative estimate of drug-likeness (QED) is 0.707. The smallest absolute Gasteiger partial charge is 0.241 e. The second-order valence-corrected chi connectivity index (χ2v) is 8.96. The zero-order chi connectivity index (χ0) is 21.8. The van der Waals surface area contributed by atoms with E-state index in [1.54, 1.807) is 0 Å². The van der Waals surface area contributed by atoms with E-state index in [9.17, 15) is 4.79 Å². The summed E-state index contributed by atoms with van der Waals surface area (Å²) in [5.74, 6) is 1.59. The van der Waals surface area contributed by atoms with Crippen LogP contribution in [-0.2, 0) is 11.3 Å². The summed E-state index contributed by atoms with van der Waals surface area (Å²) >= 11 is 0. The van der Waals surface area contributed by atoms with Gasteiger partial charge in [-0.2, -0.15) is 4.98 Å². The molecule has 7 nitrogen and oxygen atoms in total. The Kier molecular flexibility index (Phi) is 7.02. The van der Waals surface area contributed by atoms with Crippen LogP contribution in [0.2, 0.25) is 0 Å². The van der Waals surface area contributed by atoms with Crippen molar-refractivity contribution in [2.24, 2.45) is 0 Å².